The monoisotopic (exact) mass is 297 g/mol. The molecule has 4 nitrogen and oxygen atoms in total. The number of nitrogens with zero attached hydrogens (tertiary/aromatic N) is 1. The second-order valence-electron chi connectivity index (χ2n) is 5.88. The van der Waals surface area contributed by atoms with Crippen LogP contribution in [0.1, 0.15) is 35.5 Å². The Balaban J connectivity index is 1.89. The predicted octanol–water partition coefficient (Wildman–Crippen LogP) is 3.39. The Morgan fingerprint density at radius 1 is 1.23 bits per heavy atom. The van der Waals surface area contributed by atoms with E-state index in [9.17, 15) is 4.79 Å². The highest BCUT2D eigenvalue weighted by Crippen LogP contribution is 2.08. The van der Waals surface area contributed by atoms with Gasteiger partial charge in [-0.1, -0.05) is 43.7 Å². The van der Waals surface area contributed by atoms with Gasteiger partial charge in [-0.25, -0.2) is 4.98 Å². The van der Waals surface area contributed by atoms with Crippen LogP contribution >= 0.6 is 0 Å². The van der Waals surface area contributed by atoms with Gasteiger partial charge in [0.2, 0.25) is 0 Å². The van der Waals surface area contributed by atoms with Gasteiger partial charge in [0.1, 0.15) is 5.69 Å². The number of hydrogen-bond acceptors (Lipinski definition) is 3. The SMILES string of the molecule is Cc1cccc(CNC(=O)c2ccc(NCC(C)C)cn2)c1. The number of aryl methyl sites for hydroxylation is 1. The molecule has 0 saturated heterocycles. The van der Waals surface area contributed by atoms with E-state index in [-0.39, 0.29) is 5.91 Å². The lowest BCUT2D eigenvalue weighted by molar-refractivity contribution is 0.0946. The van der Waals surface area contributed by atoms with Crippen molar-refractivity contribution in [2.45, 2.75) is 27.3 Å². The van der Waals surface area contributed by atoms with Gasteiger partial charge in [0.15, 0.2) is 0 Å². The van der Waals surface area contributed by atoms with E-state index in [1.165, 1.54) is 5.56 Å². The van der Waals surface area contributed by atoms with Crippen molar-refractivity contribution < 1.29 is 4.79 Å². The number of carbonyl (C=O) groups is 1. The molecule has 116 valence electrons. The van der Waals surface area contributed by atoms with Crippen molar-refractivity contribution in [1.29, 1.82) is 0 Å². The van der Waals surface area contributed by atoms with Gasteiger partial charge in [-0.05, 0) is 30.5 Å². The van der Waals surface area contributed by atoms with Crippen molar-refractivity contribution in [2.75, 3.05) is 11.9 Å². The number of carbonyl (C=O) groups excluding carboxylic acids is 1. The summed E-state index contributed by atoms with van der Waals surface area (Å²) in [5, 5.41) is 6.17. The van der Waals surface area contributed by atoms with Crippen molar-refractivity contribution in [3.63, 3.8) is 0 Å². The van der Waals surface area contributed by atoms with Gasteiger partial charge in [-0.2, -0.15) is 0 Å². The Labute approximate surface area is 132 Å². The quantitative estimate of drug-likeness (QED) is 0.859. The standard InChI is InChI=1S/C18H23N3O/c1-13(2)10-19-16-7-8-17(20-12-16)18(22)21-11-15-6-4-5-14(3)9-15/h4-9,12-13,19H,10-11H2,1-3H3,(H,21,22). The minimum Gasteiger partial charge on any atom is -0.384 e. The molecule has 1 aromatic carbocycles. The fraction of sp³-hybridized carbons (Fsp3) is 0.333. The van der Waals surface area contributed by atoms with Crippen LogP contribution in [-0.4, -0.2) is 17.4 Å². The van der Waals surface area contributed by atoms with Crippen LogP contribution in [-0.2, 0) is 6.54 Å². The van der Waals surface area contributed by atoms with Gasteiger partial charge >= 0.3 is 0 Å². The van der Waals surface area contributed by atoms with E-state index in [1.54, 1.807) is 12.3 Å². The molecule has 0 spiro atoms. The third kappa shape index (κ3) is 4.88. The maximum absolute atomic E-state index is 12.1. The molecule has 0 aliphatic heterocycles. The van der Waals surface area contributed by atoms with Crippen LogP contribution in [0.2, 0.25) is 0 Å². The van der Waals surface area contributed by atoms with Crippen molar-refractivity contribution >= 4 is 11.6 Å². The first-order chi connectivity index (χ1) is 10.5. The van der Waals surface area contributed by atoms with Gasteiger partial charge in [-0.15, -0.1) is 0 Å². The van der Waals surface area contributed by atoms with E-state index in [0.717, 1.165) is 17.8 Å². The van der Waals surface area contributed by atoms with Crippen molar-refractivity contribution in [2.24, 2.45) is 5.92 Å². The maximum Gasteiger partial charge on any atom is 0.270 e. The predicted molar refractivity (Wildman–Crippen MR) is 89.9 cm³/mol. The number of hydrogen-bond donors (Lipinski definition) is 2. The lowest BCUT2D eigenvalue weighted by Gasteiger charge is -2.09. The molecule has 2 aromatic rings. The highest BCUT2D eigenvalue weighted by atomic mass is 16.1. The molecule has 0 saturated carbocycles. The molecule has 1 aromatic heterocycles. The third-order valence-corrected chi connectivity index (χ3v) is 3.25. The first-order valence-corrected chi connectivity index (χ1v) is 7.58. The molecular formula is C18H23N3O. The third-order valence-electron chi connectivity index (χ3n) is 3.25. The molecule has 0 unspecified atom stereocenters. The van der Waals surface area contributed by atoms with Crippen LogP contribution in [0.15, 0.2) is 42.6 Å². The number of anilines is 1. The van der Waals surface area contributed by atoms with Gasteiger partial charge < -0.3 is 10.6 Å². The summed E-state index contributed by atoms with van der Waals surface area (Å²) in [5.41, 5.74) is 3.64. The zero-order valence-corrected chi connectivity index (χ0v) is 13.4. The van der Waals surface area contributed by atoms with Gasteiger partial charge in [0.25, 0.3) is 5.91 Å². The second kappa shape index (κ2) is 7.59. The number of aromatic nitrogens is 1. The Hall–Kier alpha value is -2.36. The van der Waals surface area contributed by atoms with E-state index in [1.807, 2.05) is 31.2 Å². The molecule has 0 aliphatic rings. The Kier molecular flexibility index (Phi) is 5.53. The van der Waals surface area contributed by atoms with E-state index < -0.39 is 0 Å². The fourth-order valence-electron chi connectivity index (χ4n) is 2.05. The van der Waals surface area contributed by atoms with Crippen LogP contribution < -0.4 is 10.6 Å². The zero-order chi connectivity index (χ0) is 15.9. The molecule has 4 heteroatoms. The van der Waals surface area contributed by atoms with Crippen LogP contribution in [0.25, 0.3) is 0 Å². The topological polar surface area (TPSA) is 54.0 Å². The molecule has 0 radical (unpaired) electrons. The summed E-state index contributed by atoms with van der Waals surface area (Å²) in [5.74, 6) is 0.411. The van der Waals surface area contributed by atoms with Gasteiger partial charge in [-0.3, -0.25) is 4.79 Å². The lowest BCUT2D eigenvalue weighted by Crippen LogP contribution is -2.23. The summed E-state index contributed by atoms with van der Waals surface area (Å²) in [6.45, 7) is 7.73. The van der Waals surface area contributed by atoms with E-state index in [2.05, 4.69) is 35.5 Å². The molecule has 0 aliphatic carbocycles. The minimum atomic E-state index is -0.156. The molecule has 2 N–H and O–H groups in total. The fourth-order valence-corrected chi connectivity index (χ4v) is 2.05. The Morgan fingerprint density at radius 3 is 2.68 bits per heavy atom. The molecule has 0 atom stereocenters. The number of amides is 1. The van der Waals surface area contributed by atoms with E-state index in [0.29, 0.717) is 18.2 Å². The molecule has 22 heavy (non-hydrogen) atoms. The summed E-state index contributed by atoms with van der Waals surface area (Å²) in [6.07, 6.45) is 1.70. The first kappa shape index (κ1) is 16.0. The Morgan fingerprint density at radius 2 is 2.05 bits per heavy atom. The van der Waals surface area contributed by atoms with Crippen molar-refractivity contribution in [3.05, 3.63) is 59.4 Å². The zero-order valence-electron chi connectivity index (χ0n) is 13.4. The second-order valence-corrected chi connectivity index (χ2v) is 5.88. The number of pyridine rings is 1. The highest BCUT2D eigenvalue weighted by molar-refractivity contribution is 5.92. The molecule has 0 fully saturated rings. The summed E-state index contributed by atoms with van der Waals surface area (Å²) in [6, 6.07) is 11.7. The molecule has 1 amide bonds. The summed E-state index contributed by atoms with van der Waals surface area (Å²) in [7, 11) is 0. The average Bonchev–Trinajstić information content (AvgIpc) is 2.51. The highest BCUT2D eigenvalue weighted by Gasteiger charge is 2.07. The van der Waals surface area contributed by atoms with Crippen LogP contribution in [0, 0.1) is 12.8 Å². The van der Waals surface area contributed by atoms with Crippen LogP contribution in [0.5, 0.6) is 0 Å². The number of rotatable bonds is 6. The normalized spacial score (nSPS) is 10.5. The largest absolute Gasteiger partial charge is 0.384 e. The lowest BCUT2D eigenvalue weighted by atomic mass is 10.1. The average molecular weight is 297 g/mol. The maximum atomic E-state index is 12.1. The smallest absolute Gasteiger partial charge is 0.270 e. The van der Waals surface area contributed by atoms with Gasteiger partial charge in [0, 0.05) is 13.1 Å². The molecule has 1 heterocycles. The van der Waals surface area contributed by atoms with Gasteiger partial charge in [0.05, 0.1) is 11.9 Å². The molecule has 0 bridgehead atoms. The Bertz CT molecular complexity index is 620. The van der Waals surface area contributed by atoms with Crippen molar-refractivity contribution in [3.8, 4) is 0 Å². The van der Waals surface area contributed by atoms with E-state index in [4.69, 9.17) is 0 Å². The summed E-state index contributed by atoms with van der Waals surface area (Å²) < 4.78 is 0. The minimum absolute atomic E-state index is 0.156. The molecule has 2 rings (SSSR count). The number of benzene rings is 1. The molecular weight excluding hydrogens is 274 g/mol. The summed E-state index contributed by atoms with van der Waals surface area (Å²) in [4.78, 5) is 16.3. The summed E-state index contributed by atoms with van der Waals surface area (Å²) >= 11 is 0. The first-order valence-electron chi connectivity index (χ1n) is 7.58. The number of nitrogens with one attached hydrogen (secondary N) is 2. The van der Waals surface area contributed by atoms with Crippen LogP contribution in [0.4, 0.5) is 5.69 Å². The van der Waals surface area contributed by atoms with Crippen molar-refractivity contribution in [1.82, 2.24) is 10.3 Å². The van der Waals surface area contributed by atoms with E-state index >= 15 is 0 Å². The van der Waals surface area contributed by atoms with Crippen LogP contribution in [0.3, 0.4) is 0 Å².